The lowest BCUT2D eigenvalue weighted by Gasteiger charge is -2.35. The Labute approximate surface area is 170 Å². The fourth-order valence-electron chi connectivity index (χ4n) is 2.68. The van der Waals surface area contributed by atoms with E-state index in [1.54, 1.807) is 12.1 Å². The van der Waals surface area contributed by atoms with Crippen molar-refractivity contribution in [3.05, 3.63) is 42.0 Å². The highest BCUT2D eigenvalue weighted by atomic mass is 32.2. The highest BCUT2D eigenvalue weighted by Gasteiger charge is 2.37. The number of terminal acetylenes is 1. The van der Waals surface area contributed by atoms with Crippen LogP contribution in [0.1, 0.15) is 19.4 Å². The predicted octanol–water partition coefficient (Wildman–Crippen LogP) is 1.39. The van der Waals surface area contributed by atoms with E-state index in [9.17, 15) is 18.0 Å². The van der Waals surface area contributed by atoms with E-state index in [0.717, 1.165) is 9.87 Å². The first-order valence-corrected chi connectivity index (χ1v) is 10.3. The maximum atomic E-state index is 13.1. The number of ether oxygens (including phenoxy) is 3. The van der Waals surface area contributed by atoms with Crippen LogP contribution in [-0.2, 0) is 33.8 Å². The van der Waals surface area contributed by atoms with Crippen LogP contribution >= 0.6 is 0 Å². The summed E-state index contributed by atoms with van der Waals surface area (Å²) in [6.45, 7) is 3.84. The van der Waals surface area contributed by atoms with E-state index in [2.05, 4.69) is 5.92 Å². The van der Waals surface area contributed by atoms with Crippen LogP contribution in [0.2, 0.25) is 0 Å². The summed E-state index contributed by atoms with van der Waals surface area (Å²) < 4.78 is 43.2. The molecule has 0 saturated carbocycles. The number of aryl methyl sites for hydroxylation is 1. The van der Waals surface area contributed by atoms with E-state index in [4.69, 9.17) is 20.6 Å². The number of carbonyl (C=O) groups is 2. The van der Waals surface area contributed by atoms with Crippen molar-refractivity contribution < 1.29 is 32.2 Å². The molecule has 1 aromatic rings. The third kappa shape index (κ3) is 5.90. The number of nitrogens with zero attached hydrogens (tertiary/aromatic N) is 1. The lowest BCUT2D eigenvalue weighted by atomic mass is 10.1. The molecule has 0 radical (unpaired) electrons. The van der Waals surface area contributed by atoms with Crippen molar-refractivity contribution >= 4 is 22.0 Å². The van der Waals surface area contributed by atoms with Crippen LogP contribution in [0.3, 0.4) is 0 Å². The van der Waals surface area contributed by atoms with Gasteiger partial charge in [-0.25, -0.2) is 8.42 Å². The Balaban J connectivity index is 2.34. The lowest BCUT2D eigenvalue weighted by molar-refractivity contribution is -0.168. The largest absolute Gasteiger partial charge is 0.463 e. The number of esters is 2. The van der Waals surface area contributed by atoms with Crippen LogP contribution < -0.4 is 0 Å². The van der Waals surface area contributed by atoms with Crippen molar-refractivity contribution in [1.82, 2.24) is 4.31 Å². The summed E-state index contributed by atoms with van der Waals surface area (Å²) in [4.78, 5) is 22.6. The molecule has 0 saturated heterocycles. The van der Waals surface area contributed by atoms with Crippen LogP contribution in [0, 0.1) is 19.3 Å². The Morgan fingerprint density at radius 2 is 1.83 bits per heavy atom. The molecule has 2 rings (SSSR count). The first-order chi connectivity index (χ1) is 13.6. The second-order valence-corrected chi connectivity index (χ2v) is 8.28. The van der Waals surface area contributed by atoms with Crippen LogP contribution in [0.4, 0.5) is 0 Å². The molecule has 0 N–H and O–H groups in total. The Bertz CT molecular complexity index is 915. The highest BCUT2D eigenvalue weighted by molar-refractivity contribution is 7.89. The number of benzene rings is 1. The Morgan fingerprint density at radius 1 is 1.17 bits per heavy atom. The first-order valence-electron chi connectivity index (χ1n) is 8.81. The number of hydrogen-bond acceptors (Lipinski definition) is 7. The fourth-order valence-corrected chi connectivity index (χ4v) is 4.07. The van der Waals surface area contributed by atoms with Gasteiger partial charge in [0.1, 0.15) is 25.0 Å². The second kappa shape index (κ2) is 9.69. The van der Waals surface area contributed by atoms with Crippen molar-refractivity contribution in [2.45, 2.75) is 44.1 Å². The fraction of sp³-hybridized carbons (Fsp3) is 0.400. The number of sulfonamides is 1. The SMILES string of the molecule is C#CCN([C@H]1C=C[C@H](OC(C)=O)[C@@H](COC(C)=O)O1)S(=O)(=O)c1ccc(C)cc1. The molecule has 1 heterocycles. The summed E-state index contributed by atoms with van der Waals surface area (Å²) in [6.07, 6.45) is 5.53. The topological polar surface area (TPSA) is 99.2 Å². The van der Waals surface area contributed by atoms with Gasteiger partial charge in [-0.2, -0.15) is 4.31 Å². The van der Waals surface area contributed by atoms with Gasteiger partial charge >= 0.3 is 11.9 Å². The van der Waals surface area contributed by atoms with Gasteiger partial charge in [0.2, 0.25) is 10.0 Å². The Hall–Kier alpha value is -2.67. The molecular weight excluding hydrogens is 398 g/mol. The van der Waals surface area contributed by atoms with E-state index in [1.807, 2.05) is 6.92 Å². The summed E-state index contributed by atoms with van der Waals surface area (Å²) in [5.74, 6) is 1.22. The van der Waals surface area contributed by atoms with Crippen molar-refractivity contribution in [3.63, 3.8) is 0 Å². The van der Waals surface area contributed by atoms with E-state index in [1.165, 1.54) is 38.1 Å². The molecular formula is C20H23NO7S. The van der Waals surface area contributed by atoms with Gasteiger partial charge in [0, 0.05) is 13.8 Å². The molecule has 0 amide bonds. The summed E-state index contributed by atoms with van der Waals surface area (Å²) in [5.41, 5.74) is 0.909. The lowest BCUT2D eigenvalue weighted by Crippen LogP contribution is -2.49. The molecule has 1 aromatic carbocycles. The van der Waals surface area contributed by atoms with Crippen molar-refractivity contribution in [1.29, 1.82) is 0 Å². The van der Waals surface area contributed by atoms with Gasteiger partial charge in [-0.15, -0.1) is 6.42 Å². The zero-order chi connectivity index (χ0) is 21.6. The molecule has 9 heteroatoms. The molecule has 0 aliphatic carbocycles. The van der Waals surface area contributed by atoms with Gasteiger partial charge < -0.3 is 14.2 Å². The Kier molecular flexibility index (Phi) is 7.56. The van der Waals surface area contributed by atoms with Gasteiger partial charge in [-0.1, -0.05) is 23.6 Å². The summed E-state index contributed by atoms with van der Waals surface area (Å²) in [6, 6.07) is 6.33. The number of rotatable bonds is 7. The molecule has 3 atom stereocenters. The van der Waals surface area contributed by atoms with E-state index >= 15 is 0 Å². The normalized spacial score (nSPS) is 21.4. The highest BCUT2D eigenvalue weighted by Crippen LogP contribution is 2.25. The summed E-state index contributed by atoms with van der Waals surface area (Å²) >= 11 is 0. The standard InChI is InChI=1S/C20H23NO7S/c1-5-12-21(29(24,25)17-8-6-14(2)7-9-17)20-11-10-18(27-16(4)23)19(28-20)13-26-15(3)22/h1,6-11,18-20H,12-13H2,2-4H3/t18-,19+,20+/m0/s1. The van der Waals surface area contributed by atoms with E-state index in [-0.39, 0.29) is 18.0 Å². The van der Waals surface area contributed by atoms with Gasteiger partial charge in [0.25, 0.3) is 0 Å². The first kappa shape index (κ1) is 22.6. The minimum absolute atomic E-state index is 0.0639. The molecule has 0 fully saturated rings. The molecule has 0 aromatic heterocycles. The van der Waals surface area contributed by atoms with Crippen molar-refractivity contribution in [2.75, 3.05) is 13.2 Å². The quantitative estimate of drug-likeness (QED) is 0.373. The average Bonchev–Trinajstić information content (AvgIpc) is 2.65. The van der Waals surface area contributed by atoms with Crippen LogP contribution in [-0.4, -0.2) is 56.2 Å². The van der Waals surface area contributed by atoms with Gasteiger partial charge in [0.15, 0.2) is 0 Å². The summed E-state index contributed by atoms with van der Waals surface area (Å²) in [5, 5.41) is 0. The van der Waals surface area contributed by atoms with Crippen LogP contribution in [0.25, 0.3) is 0 Å². The van der Waals surface area contributed by atoms with E-state index < -0.39 is 40.4 Å². The zero-order valence-electron chi connectivity index (χ0n) is 16.4. The summed E-state index contributed by atoms with van der Waals surface area (Å²) in [7, 11) is -3.98. The molecule has 156 valence electrons. The number of hydrogen-bond donors (Lipinski definition) is 0. The average molecular weight is 421 g/mol. The molecule has 29 heavy (non-hydrogen) atoms. The molecule has 1 aliphatic heterocycles. The molecule has 0 unspecified atom stereocenters. The predicted molar refractivity (Wildman–Crippen MR) is 104 cm³/mol. The third-order valence-electron chi connectivity index (χ3n) is 4.06. The van der Waals surface area contributed by atoms with Crippen LogP contribution in [0.5, 0.6) is 0 Å². The van der Waals surface area contributed by atoms with Gasteiger partial charge in [0.05, 0.1) is 11.4 Å². The van der Waals surface area contributed by atoms with Gasteiger partial charge in [-0.05, 0) is 31.2 Å². The molecule has 8 nitrogen and oxygen atoms in total. The van der Waals surface area contributed by atoms with Crippen molar-refractivity contribution in [3.8, 4) is 12.3 Å². The second-order valence-electron chi connectivity index (χ2n) is 6.39. The number of carbonyl (C=O) groups excluding carboxylic acids is 2. The monoisotopic (exact) mass is 421 g/mol. The molecule has 1 aliphatic rings. The smallest absolute Gasteiger partial charge is 0.303 e. The van der Waals surface area contributed by atoms with Crippen LogP contribution in [0.15, 0.2) is 41.3 Å². The zero-order valence-corrected chi connectivity index (χ0v) is 17.2. The maximum absolute atomic E-state index is 13.1. The molecule has 0 spiro atoms. The Morgan fingerprint density at radius 3 is 2.38 bits per heavy atom. The van der Waals surface area contributed by atoms with E-state index in [0.29, 0.717) is 0 Å². The molecule has 0 bridgehead atoms. The maximum Gasteiger partial charge on any atom is 0.303 e. The minimum atomic E-state index is -3.98. The third-order valence-corrected chi connectivity index (χ3v) is 5.88. The minimum Gasteiger partial charge on any atom is -0.463 e. The van der Waals surface area contributed by atoms with Gasteiger partial charge in [-0.3, -0.25) is 9.59 Å². The van der Waals surface area contributed by atoms with Crippen molar-refractivity contribution in [2.24, 2.45) is 0 Å².